The molecule has 2 unspecified atom stereocenters. The average Bonchev–Trinajstić information content (AvgIpc) is 2.65. The number of anilines is 1. The molecule has 4 fully saturated rings. The monoisotopic (exact) mass is 452 g/mol. The topological polar surface area (TPSA) is 84.5 Å². The Morgan fingerprint density at radius 3 is 2.48 bits per heavy atom. The van der Waals surface area contributed by atoms with Gasteiger partial charge in [-0.1, -0.05) is 23.9 Å². The van der Waals surface area contributed by atoms with E-state index in [1.54, 1.807) is 12.1 Å². The zero-order valence-electron chi connectivity index (χ0n) is 17.3. The van der Waals surface area contributed by atoms with E-state index >= 15 is 0 Å². The Bertz CT molecular complexity index is 880. The van der Waals surface area contributed by atoms with Gasteiger partial charge in [-0.15, -0.1) is 0 Å². The number of nitrogens with one attached hydrogen (secondary N) is 2. The van der Waals surface area contributed by atoms with Gasteiger partial charge < -0.3 is 15.4 Å². The fourth-order valence-electron chi connectivity index (χ4n) is 6.26. The van der Waals surface area contributed by atoms with Crippen molar-refractivity contribution in [2.24, 2.45) is 17.3 Å². The van der Waals surface area contributed by atoms with E-state index in [-0.39, 0.29) is 22.0 Å². The van der Waals surface area contributed by atoms with E-state index in [4.69, 9.17) is 4.74 Å². The van der Waals surface area contributed by atoms with Crippen molar-refractivity contribution in [3.63, 3.8) is 0 Å². The van der Waals surface area contributed by atoms with E-state index in [2.05, 4.69) is 10.6 Å². The highest BCUT2D eigenvalue weighted by Crippen LogP contribution is 2.62. The molecule has 9 heteroatoms. The first-order valence-corrected chi connectivity index (χ1v) is 11.4. The highest BCUT2D eigenvalue weighted by Gasteiger charge is 2.61. The molecule has 0 aliphatic heterocycles. The molecule has 4 aliphatic carbocycles. The lowest BCUT2D eigenvalue weighted by Crippen LogP contribution is -2.64. The van der Waals surface area contributed by atoms with Gasteiger partial charge in [-0.2, -0.15) is 8.78 Å². The molecular weight excluding hydrogens is 426 g/mol. The Labute approximate surface area is 183 Å². The minimum absolute atomic E-state index is 0.0924. The number of hydrogen-bond acceptors (Lipinski definition) is 5. The van der Waals surface area contributed by atoms with Crippen LogP contribution in [0.1, 0.15) is 45.4 Å². The summed E-state index contributed by atoms with van der Waals surface area (Å²) in [6.07, 6.45) is 4.82. The minimum Gasteiger partial charge on any atom is -0.455 e. The summed E-state index contributed by atoms with van der Waals surface area (Å²) in [4.78, 5) is 37.4. The first-order valence-electron chi connectivity index (χ1n) is 10.5. The Morgan fingerprint density at radius 2 is 1.84 bits per heavy atom. The van der Waals surface area contributed by atoms with E-state index in [0.29, 0.717) is 30.0 Å². The van der Waals surface area contributed by atoms with Crippen LogP contribution in [-0.2, 0) is 19.1 Å². The normalized spacial score (nSPS) is 30.8. The van der Waals surface area contributed by atoms with E-state index in [0.717, 1.165) is 32.1 Å². The molecule has 2 amide bonds. The zero-order chi connectivity index (χ0) is 22.2. The van der Waals surface area contributed by atoms with Crippen LogP contribution in [-0.4, -0.2) is 35.7 Å². The molecule has 4 saturated carbocycles. The zero-order valence-corrected chi connectivity index (χ0v) is 18.1. The van der Waals surface area contributed by atoms with Gasteiger partial charge in [0.15, 0.2) is 6.61 Å². The highest BCUT2D eigenvalue weighted by atomic mass is 32.2. The smallest absolute Gasteiger partial charge is 0.312 e. The number of ether oxygens (including phenoxy) is 1. The molecule has 0 aromatic heterocycles. The lowest BCUT2D eigenvalue weighted by Gasteiger charge is -2.60. The Kier molecular flexibility index (Phi) is 5.98. The number of alkyl halides is 2. The third-order valence-corrected chi connectivity index (χ3v) is 7.43. The number of thioether (sulfide) groups is 1. The second-order valence-corrected chi connectivity index (χ2v) is 10.2. The second-order valence-electron chi connectivity index (χ2n) is 9.20. The average molecular weight is 453 g/mol. The van der Waals surface area contributed by atoms with Crippen LogP contribution in [0.2, 0.25) is 0 Å². The van der Waals surface area contributed by atoms with Crippen molar-refractivity contribution >= 4 is 35.2 Å². The third-order valence-electron chi connectivity index (χ3n) is 6.65. The Hall–Kier alpha value is -2.16. The van der Waals surface area contributed by atoms with Gasteiger partial charge in [0.2, 0.25) is 5.91 Å². The number of rotatable bonds is 7. The van der Waals surface area contributed by atoms with Gasteiger partial charge in [0.1, 0.15) is 0 Å². The first kappa shape index (κ1) is 22.0. The van der Waals surface area contributed by atoms with Crippen LogP contribution >= 0.6 is 11.8 Å². The number of amides is 2. The number of carbonyl (C=O) groups excluding carboxylic acids is 3. The standard InChI is InChI=1S/C22H26F2N2O4S/c1-13(27)26-22-9-14-6-15(10-22)8-21(7-14,12-22)19(29)30-11-18(28)25-16-4-2-3-5-17(16)31-20(23)24/h2-5,14-15,20H,6-12H2,1H3,(H,25,28)(H,26,27). The van der Waals surface area contributed by atoms with E-state index in [1.165, 1.54) is 19.1 Å². The van der Waals surface area contributed by atoms with E-state index < -0.39 is 29.7 Å². The summed E-state index contributed by atoms with van der Waals surface area (Å²) >= 11 is 0.344. The summed E-state index contributed by atoms with van der Waals surface area (Å²) in [5, 5.41) is 5.65. The maximum atomic E-state index is 13.1. The fourth-order valence-corrected chi connectivity index (χ4v) is 6.86. The molecule has 4 aliphatic rings. The summed E-state index contributed by atoms with van der Waals surface area (Å²) in [5.41, 5.74) is -0.771. The van der Waals surface area contributed by atoms with Crippen LogP contribution in [0.25, 0.3) is 0 Å². The lowest BCUT2D eigenvalue weighted by molar-refractivity contribution is -0.176. The van der Waals surface area contributed by atoms with Gasteiger partial charge in [-0.3, -0.25) is 14.4 Å². The number of hydrogen-bond donors (Lipinski definition) is 2. The van der Waals surface area contributed by atoms with Crippen molar-refractivity contribution in [1.82, 2.24) is 5.32 Å². The molecule has 0 spiro atoms. The van der Waals surface area contributed by atoms with Crippen LogP contribution in [0.4, 0.5) is 14.5 Å². The van der Waals surface area contributed by atoms with Crippen molar-refractivity contribution in [2.75, 3.05) is 11.9 Å². The van der Waals surface area contributed by atoms with Crippen LogP contribution in [0, 0.1) is 17.3 Å². The number of halogens is 2. The predicted octanol–water partition coefficient (Wildman–Crippen LogP) is 3.96. The molecule has 168 valence electrons. The SMILES string of the molecule is CC(=O)NC12CC3CC(C1)CC(C(=O)OCC(=O)Nc1ccccc1SC(F)F)(C3)C2. The van der Waals surface area contributed by atoms with Crippen molar-refractivity contribution in [1.29, 1.82) is 0 Å². The largest absolute Gasteiger partial charge is 0.455 e. The van der Waals surface area contributed by atoms with Crippen LogP contribution in [0.15, 0.2) is 29.2 Å². The molecule has 1 aromatic rings. The number of esters is 1. The van der Waals surface area contributed by atoms with Crippen LogP contribution < -0.4 is 10.6 Å². The predicted molar refractivity (Wildman–Crippen MR) is 112 cm³/mol. The first-order chi connectivity index (χ1) is 14.7. The molecule has 2 atom stereocenters. The molecule has 6 nitrogen and oxygen atoms in total. The van der Waals surface area contributed by atoms with Gasteiger partial charge >= 0.3 is 5.97 Å². The maximum absolute atomic E-state index is 13.1. The number of carbonyl (C=O) groups is 3. The molecule has 0 saturated heterocycles. The number of benzene rings is 1. The maximum Gasteiger partial charge on any atom is 0.312 e. The van der Waals surface area contributed by atoms with Gasteiger partial charge in [0, 0.05) is 17.4 Å². The summed E-state index contributed by atoms with van der Waals surface area (Å²) in [7, 11) is 0. The van der Waals surface area contributed by atoms with E-state index in [1.807, 2.05) is 0 Å². The second kappa shape index (κ2) is 8.41. The summed E-state index contributed by atoms with van der Waals surface area (Å²) in [5.74, 6) is -2.94. The lowest BCUT2D eigenvalue weighted by atomic mass is 9.47. The molecule has 31 heavy (non-hydrogen) atoms. The molecular formula is C22H26F2N2O4S. The Morgan fingerprint density at radius 1 is 1.16 bits per heavy atom. The third kappa shape index (κ3) is 4.71. The van der Waals surface area contributed by atoms with Crippen molar-refractivity contribution in [3.05, 3.63) is 24.3 Å². The summed E-state index contributed by atoms with van der Waals surface area (Å²) in [6, 6.07) is 6.27. The molecule has 0 heterocycles. The van der Waals surface area contributed by atoms with Gasteiger partial charge in [0.25, 0.3) is 11.7 Å². The molecule has 0 radical (unpaired) electrons. The van der Waals surface area contributed by atoms with Gasteiger partial charge in [-0.25, -0.2) is 0 Å². The number of para-hydroxylation sites is 1. The molecule has 1 aromatic carbocycles. The van der Waals surface area contributed by atoms with Gasteiger partial charge in [0.05, 0.1) is 11.1 Å². The molecule has 5 rings (SSSR count). The van der Waals surface area contributed by atoms with E-state index in [9.17, 15) is 23.2 Å². The fraction of sp³-hybridized carbons (Fsp3) is 0.591. The van der Waals surface area contributed by atoms with Crippen molar-refractivity contribution in [2.45, 2.75) is 61.6 Å². The van der Waals surface area contributed by atoms with Crippen LogP contribution in [0.5, 0.6) is 0 Å². The van der Waals surface area contributed by atoms with Crippen molar-refractivity contribution < 1.29 is 27.9 Å². The molecule has 4 bridgehead atoms. The quantitative estimate of drug-likeness (QED) is 0.483. The minimum atomic E-state index is -2.61. The highest BCUT2D eigenvalue weighted by molar-refractivity contribution is 7.99. The summed E-state index contributed by atoms with van der Waals surface area (Å²) < 4.78 is 30.8. The van der Waals surface area contributed by atoms with Crippen molar-refractivity contribution in [3.8, 4) is 0 Å². The van der Waals surface area contributed by atoms with Crippen LogP contribution in [0.3, 0.4) is 0 Å². The summed E-state index contributed by atoms with van der Waals surface area (Å²) in [6.45, 7) is 1.02. The Balaban J connectivity index is 1.39. The molecule has 2 N–H and O–H groups in total. The van der Waals surface area contributed by atoms with Gasteiger partial charge in [-0.05, 0) is 62.5 Å².